The van der Waals surface area contributed by atoms with E-state index in [1.807, 2.05) is 0 Å². The molecule has 14 heavy (non-hydrogen) atoms. The van der Waals surface area contributed by atoms with E-state index in [4.69, 9.17) is 0 Å². The van der Waals surface area contributed by atoms with Crippen molar-refractivity contribution in [1.82, 2.24) is 0 Å². The molecule has 0 N–H and O–H groups in total. The van der Waals surface area contributed by atoms with Gasteiger partial charge in [0.1, 0.15) is 0 Å². The fourth-order valence-corrected chi connectivity index (χ4v) is 2.42. The summed E-state index contributed by atoms with van der Waals surface area (Å²) in [5, 5.41) is 0. The van der Waals surface area contributed by atoms with E-state index >= 15 is 0 Å². The molecule has 3 unspecified atom stereocenters. The second-order valence-electron chi connectivity index (χ2n) is 5.40. The highest BCUT2D eigenvalue weighted by Gasteiger charge is 2.20. The molecule has 0 fully saturated rings. The number of hydrogen-bond acceptors (Lipinski definition) is 0. The van der Waals surface area contributed by atoms with Crippen LogP contribution in [0.2, 0.25) is 0 Å². The summed E-state index contributed by atoms with van der Waals surface area (Å²) in [5.41, 5.74) is 0. The van der Waals surface area contributed by atoms with E-state index in [2.05, 4.69) is 41.5 Å². The molecule has 0 rings (SSSR count). The molecule has 0 aliphatic rings. The standard InChI is InChI=1S/C14H30/c1-7-9-12(5)10-14(8-2)13(6)11(3)4/h11-14H,7-10H2,1-6H3. The van der Waals surface area contributed by atoms with Gasteiger partial charge in [-0.05, 0) is 30.1 Å². The van der Waals surface area contributed by atoms with Gasteiger partial charge in [-0.25, -0.2) is 0 Å². The first-order valence-electron chi connectivity index (χ1n) is 6.52. The van der Waals surface area contributed by atoms with Crippen molar-refractivity contribution in [2.24, 2.45) is 23.7 Å². The van der Waals surface area contributed by atoms with E-state index in [1.54, 1.807) is 0 Å². The molecule has 0 aliphatic heterocycles. The van der Waals surface area contributed by atoms with Gasteiger partial charge in [-0.2, -0.15) is 0 Å². The zero-order valence-electron chi connectivity index (χ0n) is 11.1. The lowest BCUT2D eigenvalue weighted by Gasteiger charge is -2.28. The van der Waals surface area contributed by atoms with Gasteiger partial charge >= 0.3 is 0 Å². The fraction of sp³-hybridized carbons (Fsp3) is 1.00. The molecular formula is C14H30. The Morgan fingerprint density at radius 2 is 1.50 bits per heavy atom. The highest BCUT2D eigenvalue weighted by Crippen LogP contribution is 2.30. The van der Waals surface area contributed by atoms with E-state index in [0.717, 1.165) is 23.7 Å². The van der Waals surface area contributed by atoms with Crippen LogP contribution in [-0.4, -0.2) is 0 Å². The zero-order chi connectivity index (χ0) is 11.1. The van der Waals surface area contributed by atoms with Crippen molar-refractivity contribution in [1.29, 1.82) is 0 Å². The van der Waals surface area contributed by atoms with Crippen LogP contribution in [0.5, 0.6) is 0 Å². The third-order valence-corrected chi connectivity index (χ3v) is 3.81. The number of rotatable bonds is 7. The predicted molar refractivity (Wildman–Crippen MR) is 66.5 cm³/mol. The lowest BCUT2D eigenvalue weighted by Crippen LogP contribution is -2.19. The minimum Gasteiger partial charge on any atom is -0.0654 e. The first kappa shape index (κ1) is 14.0. The van der Waals surface area contributed by atoms with E-state index < -0.39 is 0 Å². The number of hydrogen-bond donors (Lipinski definition) is 0. The minimum absolute atomic E-state index is 0.841. The van der Waals surface area contributed by atoms with Crippen LogP contribution in [0, 0.1) is 23.7 Å². The molecule has 0 bridgehead atoms. The fourth-order valence-electron chi connectivity index (χ4n) is 2.42. The normalized spacial score (nSPS) is 18.2. The Morgan fingerprint density at radius 3 is 1.86 bits per heavy atom. The highest BCUT2D eigenvalue weighted by molar-refractivity contribution is 4.70. The van der Waals surface area contributed by atoms with Gasteiger partial charge in [0.05, 0.1) is 0 Å². The predicted octanol–water partition coefficient (Wildman–Crippen LogP) is 5.13. The molecule has 0 saturated heterocycles. The molecule has 0 saturated carbocycles. The van der Waals surface area contributed by atoms with Crippen molar-refractivity contribution in [2.45, 2.75) is 67.2 Å². The van der Waals surface area contributed by atoms with Gasteiger partial charge < -0.3 is 0 Å². The molecule has 0 nitrogen and oxygen atoms in total. The first-order chi connectivity index (χ1) is 6.52. The SMILES string of the molecule is CCCC(C)CC(CC)C(C)C(C)C. The molecule has 0 amide bonds. The third-order valence-electron chi connectivity index (χ3n) is 3.81. The van der Waals surface area contributed by atoms with Crippen molar-refractivity contribution < 1.29 is 0 Å². The van der Waals surface area contributed by atoms with E-state index in [0.29, 0.717) is 0 Å². The second kappa shape index (κ2) is 7.31. The Bertz CT molecular complexity index is 126. The van der Waals surface area contributed by atoms with Crippen LogP contribution in [0.25, 0.3) is 0 Å². The Labute approximate surface area is 91.5 Å². The van der Waals surface area contributed by atoms with Gasteiger partial charge in [0.2, 0.25) is 0 Å². The average Bonchev–Trinajstić information content (AvgIpc) is 2.13. The summed E-state index contributed by atoms with van der Waals surface area (Å²) in [4.78, 5) is 0. The molecule has 0 aromatic rings. The van der Waals surface area contributed by atoms with Crippen LogP contribution in [0.15, 0.2) is 0 Å². The largest absolute Gasteiger partial charge is 0.0654 e. The van der Waals surface area contributed by atoms with Crippen LogP contribution in [0.4, 0.5) is 0 Å². The van der Waals surface area contributed by atoms with Crippen LogP contribution in [-0.2, 0) is 0 Å². The van der Waals surface area contributed by atoms with Gasteiger partial charge in [-0.1, -0.05) is 60.8 Å². The molecular weight excluding hydrogens is 168 g/mol. The van der Waals surface area contributed by atoms with Crippen molar-refractivity contribution in [3.05, 3.63) is 0 Å². The van der Waals surface area contributed by atoms with Crippen LogP contribution in [0.1, 0.15) is 67.2 Å². The van der Waals surface area contributed by atoms with Crippen LogP contribution >= 0.6 is 0 Å². The second-order valence-corrected chi connectivity index (χ2v) is 5.40. The highest BCUT2D eigenvalue weighted by atomic mass is 14.3. The summed E-state index contributed by atoms with van der Waals surface area (Å²) < 4.78 is 0. The van der Waals surface area contributed by atoms with Gasteiger partial charge in [0, 0.05) is 0 Å². The van der Waals surface area contributed by atoms with Gasteiger partial charge in [0.15, 0.2) is 0 Å². The smallest absolute Gasteiger partial charge is 0.0386 e. The average molecular weight is 198 g/mol. The van der Waals surface area contributed by atoms with Gasteiger partial charge in [-0.3, -0.25) is 0 Å². The Kier molecular flexibility index (Phi) is 7.31. The van der Waals surface area contributed by atoms with Gasteiger partial charge in [0.25, 0.3) is 0 Å². The summed E-state index contributed by atoms with van der Waals surface area (Å²) in [7, 11) is 0. The van der Waals surface area contributed by atoms with Crippen molar-refractivity contribution in [3.63, 3.8) is 0 Å². The molecule has 0 heterocycles. The lowest BCUT2D eigenvalue weighted by atomic mass is 9.78. The summed E-state index contributed by atoms with van der Waals surface area (Å²) in [5.74, 6) is 3.59. The van der Waals surface area contributed by atoms with E-state index in [1.165, 1.54) is 25.7 Å². The zero-order valence-corrected chi connectivity index (χ0v) is 11.1. The maximum absolute atomic E-state index is 2.43. The van der Waals surface area contributed by atoms with Gasteiger partial charge in [-0.15, -0.1) is 0 Å². The molecule has 86 valence electrons. The van der Waals surface area contributed by atoms with E-state index in [-0.39, 0.29) is 0 Å². The van der Waals surface area contributed by atoms with Crippen molar-refractivity contribution in [3.8, 4) is 0 Å². The molecule has 0 spiro atoms. The molecule has 0 aliphatic carbocycles. The monoisotopic (exact) mass is 198 g/mol. The molecule has 0 heteroatoms. The van der Waals surface area contributed by atoms with E-state index in [9.17, 15) is 0 Å². The first-order valence-corrected chi connectivity index (χ1v) is 6.52. The Hall–Kier alpha value is 0. The third kappa shape index (κ3) is 5.02. The topological polar surface area (TPSA) is 0 Å². The summed E-state index contributed by atoms with van der Waals surface area (Å²) in [6.07, 6.45) is 5.53. The maximum Gasteiger partial charge on any atom is -0.0386 e. The quantitative estimate of drug-likeness (QED) is 0.532. The summed E-state index contributed by atoms with van der Waals surface area (Å²) in [6.45, 7) is 14.2. The molecule has 3 atom stereocenters. The Morgan fingerprint density at radius 1 is 0.929 bits per heavy atom. The summed E-state index contributed by atoms with van der Waals surface area (Å²) in [6, 6.07) is 0. The van der Waals surface area contributed by atoms with Crippen molar-refractivity contribution >= 4 is 0 Å². The summed E-state index contributed by atoms with van der Waals surface area (Å²) >= 11 is 0. The van der Waals surface area contributed by atoms with Crippen LogP contribution < -0.4 is 0 Å². The van der Waals surface area contributed by atoms with Crippen molar-refractivity contribution in [2.75, 3.05) is 0 Å². The molecule has 0 radical (unpaired) electrons. The minimum atomic E-state index is 0.841. The lowest BCUT2D eigenvalue weighted by molar-refractivity contribution is 0.223. The van der Waals surface area contributed by atoms with Crippen LogP contribution in [0.3, 0.4) is 0 Å². The Balaban J connectivity index is 4.01. The molecule has 0 aromatic heterocycles. The maximum atomic E-state index is 2.43. The molecule has 0 aromatic carbocycles.